The lowest BCUT2D eigenvalue weighted by molar-refractivity contribution is -0.262. The van der Waals surface area contributed by atoms with Crippen LogP contribution in [0.5, 0.6) is 0 Å². The minimum absolute atomic E-state index is 0.0128. The molecule has 0 aromatic rings. The van der Waals surface area contributed by atoms with Gasteiger partial charge >= 0.3 is 0 Å². The van der Waals surface area contributed by atoms with Crippen molar-refractivity contribution in [3.63, 3.8) is 0 Å². The van der Waals surface area contributed by atoms with Crippen LogP contribution in [0.4, 0.5) is 0 Å². The van der Waals surface area contributed by atoms with Crippen molar-refractivity contribution < 1.29 is 28.7 Å². The van der Waals surface area contributed by atoms with E-state index in [1.54, 1.807) is 0 Å². The first-order valence-corrected chi connectivity index (χ1v) is 12.7. The van der Waals surface area contributed by atoms with E-state index in [9.17, 15) is 9.59 Å². The Labute approximate surface area is 201 Å². The average Bonchev–Trinajstić information content (AvgIpc) is 2.74. The number of ether oxygens (including phenoxy) is 2. The van der Waals surface area contributed by atoms with Crippen molar-refractivity contribution in [3.05, 3.63) is 0 Å². The Hall–Kier alpha value is 0.180. The van der Waals surface area contributed by atoms with Crippen LogP contribution in [0.25, 0.3) is 0 Å². The van der Waals surface area contributed by atoms with Crippen molar-refractivity contribution in [2.45, 2.75) is 37.8 Å². The van der Waals surface area contributed by atoms with Crippen LogP contribution in [0.2, 0.25) is 0 Å². The first kappa shape index (κ1) is 28.2. The van der Waals surface area contributed by atoms with Crippen LogP contribution in [0.1, 0.15) is 25.7 Å². The van der Waals surface area contributed by atoms with Gasteiger partial charge in [-0.1, -0.05) is 0 Å². The second-order valence-corrected chi connectivity index (χ2v) is 8.27. The van der Waals surface area contributed by atoms with E-state index in [0.29, 0.717) is 49.1 Å². The largest absolute Gasteiger partial charge is 0.379 e. The fraction of sp³-hybridized carbons (Fsp3) is 0.889. The third-order valence-electron chi connectivity index (χ3n) is 4.08. The predicted octanol–water partition coefficient (Wildman–Crippen LogP) is 1.57. The number of piperazine rings is 1. The van der Waals surface area contributed by atoms with Gasteiger partial charge in [-0.2, -0.15) is 50.5 Å². The summed E-state index contributed by atoms with van der Waals surface area (Å²) in [5.41, 5.74) is 0. The van der Waals surface area contributed by atoms with Crippen LogP contribution >= 0.6 is 50.5 Å². The summed E-state index contributed by atoms with van der Waals surface area (Å²) in [6.07, 6.45) is 2.75. The van der Waals surface area contributed by atoms with Crippen LogP contribution < -0.4 is 0 Å². The van der Waals surface area contributed by atoms with Crippen molar-refractivity contribution in [1.29, 1.82) is 0 Å². The normalized spacial score (nSPS) is 19.7. The zero-order valence-corrected chi connectivity index (χ0v) is 20.8. The fourth-order valence-corrected chi connectivity index (χ4v) is 3.08. The van der Waals surface area contributed by atoms with E-state index in [0.717, 1.165) is 23.0 Å². The molecule has 1 saturated heterocycles. The minimum Gasteiger partial charge on any atom is -0.379 e. The molecule has 0 bridgehead atoms. The molecule has 1 heterocycles. The Morgan fingerprint density at radius 2 is 0.933 bits per heavy atom. The molecule has 176 valence electrons. The number of carbonyl (C=O) groups excluding carboxylic acids is 2. The van der Waals surface area contributed by atoms with E-state index in [4.69, 9.17) is 19.1 Å². The lowest BCUT2D eigenvalue weighted by atomic mass is 10.1. The van der Waals surface area contributed by atoms with Crippen molar-refractivity contribution in [1.82, 2.24) is 10.1 Å². The van der Waals surface area contributed by atoms with Gasteiger partial charge in [0.05, 0.1) is 26.4 Å². The first-order chi connectivity index (χ1) is 14.6. The van der Waals surface area contributed by atoms with Crippen LogP contribution in [0, 0.1) is 0 Å². The van der Waals surface area contributed by atoms with E-state index < -0.39 is 23.9 Å². The molecule has 8 nitrogen and oxygen atoms in total. The highest BCUT2D eigenvalue weighted by Gasteiger charge is 2.48. The average molecular weight is 503 g/mol. The van der Waals surface area contributed by atoms with Gasteiger partial charge in [0.15, 0.2) is 12.1 Å². The summed E-state index contributed by atoms with van der Waals surface area (Å²) in [6, 6.07) is -1.86. The third kappa shape index (κ3) is 9.76. The van der Waals surface area contributed by atoms with Gasteiger partial charge in [0.2, 0.25) is 0 Å². The number of amides is 2. The molecule has 1 fully saturated rings. The third-order valence-corrected chi connectivity index (χ3v) is 5.35. The summed E-state index contributed by atoms with van der Waals surface area (Å²) in [5, 5.41) is 2.25. The number of rotatable bonds is 18. The molecule has 2 amide bonds. The number of hydroxylamine groups is 4. The standard InChI is InChI=1S/C18H34N2O6S4/c21-17-15(13-23-5-1-9-27)19(25-7-3-11-29)18(22)16(14-24-6-2-10-28)20(17)26-8-4-12-30/h15-16,27-30H,1-14H2/t15-,16-/m1/s1. The Morgan fingerprint density at radius 3 is 1.27 bits per heavy atom. The van der Waals surface area contributed by atoms with Crippen molar-refractivity contribution in [2.24, 2.45) is 0 Å². The highest BCUT2D eigenvalue weighted by Crippen LogP contribution is 2.21. The van der Waals surface area contributed by atoms with Gasteiger partial charge < -0.3 is 9.47 Å². The number of nitrogens with zero attached hydrogens (tertiary/aromatic N) is 2. The number of carbonyl (C=O) groups is 2. The molecule has 1 aliphatic heterocycles. The summed E-state index contributed by atoms with van der Waals surface area (Å²) in [4.78, 5) is 37.7. The zero-order valence-electron chi connectivity index (χ0n) is 17.2. The lowest BCUT2D eigenvalue weighted by Crippen LogP contribution is -2.66. The Kier molecular flexibility index (Phi) is 16.6. The maximum atomic E-state index is 13.2. The maximum Gasteiger partial charge on any atom is 0.274 e. The minimum atomic E-state index is -0.929. The zero-order chi connectivity index (χ0) is 22.2. The molecular weight excluding hydrogens is 468 g/mol. The number of hydrogen-bond acceptors (Lipinski definition) is 10. The van der Waals surface area contributed by atoms with Gasteiger partial charge in [-0.15, -0.1) is 0 Å². The monoisotopic (exact) mass is 502 g/mol. The highest BCUT2D eigenvalue weighted by atomic mass is 32.1. The van der Waals surface area contributed by atoms with Crippen molar-refractivity contribution in [3.8, 4) is 0 Å². The Morgan fingerprint density at radius 1 is 0.600 bits per heavy atom. The molecule has 0 N–H and O–H groups in total. The molecule has 0 aromatic carbocycles. The molecule has 1 aliphatic rings. The van der Waals surface area contributed by atoms with Gasteiger partial charge in [0, 0.05) is 13.2 Å². The smallest absolute Gasteiger partial charge is 0.274 e. The molecule has 0 unspecified atom stereocenters. The van der Waals surface area contributed by atoms with Gasteiger partial charge in [0.25, 0.3) is 11.8 Å². The van der Waals surface area contributed by atoms with Crippen molar-refractivity contribution >= 4 is 62.3 Å². The second kappa shape index (κ2) is 17.7. The SMILES string of the molecule is O=C1[C@@H](COCCCS)N(OCCCS)C(=O)[C@@H](COCCCS)N1OCCCS. The molecule has 2 atom stereocenters. The molecule has 0 aliphatic carbocycles. The van der Waals surface area contributed by atoms with E-state index in [1.807, 2.05) is 0 Å². The second-order valence-electron chi connectivity index (χ2n) is 6.48. The summed E-state index contributed by atoms with van der Waals surface area (Å²) in [5.74, 6) is 1.76. The van der Waals surface area contributed by atoms with Gasteiger partial charge in [-0.25, -0.2) is 10.1 Å². The lowest BCUT2D eigenvalue weighted by Gasteiger charge is -2.42. The molecule has 1 rings (SSSR count). The molecule has 0 saturated carbocycles. The molecule has 0 aromatic heterocycles. The summed E-state index contributed by atoms with van der Waals surface area (Å²) in [7, 11) is 0. The van der Waals surface area contributed by atoms with Gasteiger partial charge in [0.1, 0.15) is 0 Å². The van der Waals surface area contributed by atoms with E-state index in [-0.39, 0.29) is 26.4 Å². The van der Waals surface area contributed by atoms with Crippen molar-refractivity contribution in [2.75, 3.05) is 62.7 Å². The molecular formula is C18H34N2O6S4. The van der Waals surface area contributed by atoms with Gasteiger partial charge in [-0.05, 0) is 48.7 Å². The molecule has 12 heteroatoms. The molecule has 0 spiro atoms. The topological polar surface area (TPSA) is 77.5 Å². The number of hydrogen-bond donors (Lipinski definition) is 4. The fourth-order valence-electron chi connectivity index (χ4n) is 2.56. The molecule has 0 radical (unpaired) electrons. The molecule has 30 heavy (non-hydrogen) atoms. The quantitative estimate of drug-likeness (QED) is 0.168. The summed E-state index contributed by atoms with van der Waals surface area (Å²) >= 11 is 16.6. The van der Waals surface area contributed by atoms with Crippen LogP contribution in [-0.4, -0.2) is 96.7 Å². The van der Waals surface area contributed by atoms with Gasteiger partial charge in [-0.3, -0.25) is 19.3 Å². The maximum absolute atomic E-state index is 13.2. The summed E-state index contributed by atoms with van der Waals surface area (Å²) < 4.78 is 11.2. The van der Waals surface area contributed by atoms with E-state index >= 15 is 0 Å². The predicted molar refractivity (Wildman–Crippen MR) is 129 cm³/mol. The number of thiol groups is 4. The highest BCUT2D eigenvalue weighted by molar-refractivity contribution is 7.80. The van der Waals surface area contributed by atoms with E-state index in [2.05, 4.69) is 50.5 Å². The summed E-state index contributed by atoms with van der Waals surface area (Å²) in [6.45, 7) is 1.43. The first-order valence-electron chi connectivity index (χ1n) is 10.1. The van der Waals surface area contributed by atoms with Crippen LogP contribution in [0.3, 0.4) is 0 Å². The Bertz CT molecular complexity index is 450. The van der Waals surface area contributed by atoms with Crippen LogP contribution in [0.15, 0.2) is 0 Å². The van der Waals surface area contributed by atoms with E-state index in [1.165, 1.54) is 0 Å². The Balaban J connectivity index is 2.95. The van der Waals surface area contributed by atoms with Crippen LogP contribution in [-0.2, 0) is 28.7 Å².